The molecule has 1 N–H and O–H groups in total. The van der Waals surface area contributed by atoms with E-state index < -0.39 is 0 Å². The van der Waals surface area contributed by atoms with Crippen molar-refractivity contribution in [2.24, 2.45) is 17.0 Å². The van der Waals surface area contributed by atoms with Crippen molar-refractivity contribution in [3.63, 3.8) is 0 Å². The van der Waals surface area contributed by atoms with E-state index in [9.17, 15) is 0 Å². The van der Waals surface area contributed by atoms with E-state index in [4.69, 9.17) is 5.21 Å². The molecule has 0 radical (unpaired) electrons. The molecule has 0 unspecified atom stereocenters. The summed E-state index contributed by atoms with van der Waals surface area (Å²) in [6, 6.07) is 0. The van der Waals surface area contributed by atoms with Crippen LogP contribution >= 0.6 is 0 Å². The third kappa shape index (κ3) is 0.825. The van der Waals surface area contributed by atoms with Crippen LogP contribution in [0, 0.1) is 11.8 Å². The van der Waals surface area contributed by atoms with Crippen LogP contribution in [0.15, 0.2) is 5.16 Å². The molecule has 3 aliphatic rings. The van der Waals surface area contributed by atoms with Gasteiger partial charge in [0.15, 0.2) is 0 Å². The smallest absolute Gasteiger partial charge is 0.0604 e. The molecule has 0 aromatic heterocycles. The lowest BCUT2D eigenvalue weighted by molar-refractivity contribution is 0.258. The molecule has 0 heterocycles. The van der Waals surface area contributed by atoms with Gasteiger partial charge in [-0.05, 0) is 38.0 Å². The number of hydrogen-bond donors (Lipinski definition) is 1. The third-order valence-corrected chi connectivity index (χ3v) is 2.94. The highest BCUT2D eigenvalue weighted by Gasteiger charge is 2.32. The number of fused-ring (bicyclic) bond motifs is 3. The molecule has 3 saturated carbocycles. The van der Waals surface area contributed by atoms with E-state index in [0.717, 1.165) is 18.1 Å². The molecule has 0 amide bonds. The van der Waals surface area contributed by atoms with Crippen LogP contribution in [0.5, 0.6) is 0 Å². The van der Waals surface area contributed by atoms with Gasteiger partial charge in [-0.15, -0.1) is 0 Å². The summed E-state index contributed by atoms with van der Waals surface area (Å²) in [5, 5.41) is 11.9. The Balaban J connectivity index is 2.15. The number of hydrogen-bond acceptors (Lipinski definition) is 2. The average Bonchev–Trinajstić information content (AvgIpc) is 2.06. The summed E-state index contributed by atoms with van der Waals surface area (Å²) in [5.41, 5.74) is 1.07. The van der Waals surface area contributed by atoms with Crippen molar-refractivity contribution in [3.8, 4) is 0 Å². The number of nitrogens with zero attached hydrogens (tertiary/aromatic N) is 1. The van der Waals surface area contributed by atoms with E-state index in [2.05, 4.69) is 5.16 Å². The molecule has 10 heavy (non-hydrogen) atoms. The first kappa shape index (κ1) is 6.20. The van der Waals surface area contributed by atoms with Gasteiger partial charge in [0.1, 0.15) is 0 Å². The van der Waals surface area contributed by atoms with E-state index in [0.29, 0.717) is 5.92 Å². The fourth-order valence-electron chi connectivity index (χ4n) is 2.28. The van der Waals surface area contributed by atoms with E-state index in [1.54, 1.807) is 0 Å². The lowest BCUT2D eigenvalue weighted by Crippen LogP contribution is -2.31. The highest BCUT2D eigenvalue weighted by atomic mass is 16.4. The molecular weight excluding hydrogens is 126 g/mol. The summed E-state index contributed by atoms with van der Waals surface area (Å²) in [4.78, 5) is 0. The van der Waals surface area contributed by atoms with Gasteiger partial charge in [-0.2, -0.15) is 0 Å². The van der Waals surface area contributed by atoms with Crippen molar-refractivity contribution in [3.05, 3.63) is 0 Å². The Hall–Kier alpha value is -0.530. The van der Waals surface area contributed by atoms with Crippen LogP contribution in [0.3, 0.4) is 0 Å². The molecule has 2 heteroatoms. The van der Waals surface area contributed by atoms with E-state index in [1.807, 2.05) is 0 Å². The number of oxime groups is 1. The molecule has 3 fully saturated rings. The molecular formula is C8H13NO. The first-order chi connectivity index (χ1) is 4.90. The topological polar surface area (TPSA) is 32.6 Å². The maximum atomic E-state index is 8.60. The monoisotopic (exact) mass is 139 g/mol. The molecule has 0 aromatic rings. The summed E-state index contributed by atoms with van der Waals surface area (Å²) in [5.74, 6) is 1.48. The Morgan fingerprint density at radius 2 is 1.90 bits per heavy atom. The summed E-state index contributed by atoms with van der Waals surface area (Å²) >= 11 is 0. The van der Waals surface area contributed by atoms with Gasteiger partial charge < -0.3 is 5.21 Å². The molecule has 3 rings (SSSR count). The Kier molecular flexibility index (Phi) is 1.40. The van der Waals surface area contributed by atoms with Crippen LogP contribution in [-0.4, -0.2) is 10.9 Å². The highest BCUT2D eigenvalue weighted by molar-refractivity contribution is 5.87. The Morgan fingerprint density at radius 3 is 2.20 bits per heavy atom. The van der Waals surface area contributed by atoms with Crippen LogP contribution in [0.2, 0.25) is 0 Å². The van der Waals surface area contributed by atoms with Crippen LogP contribution < -0.4 is 0 Å². The maximum absolute atomic E-state index is 8.60. The van der Waals surface area contributed by atoms with E-state index in [1.165, 1.54) is 25.7 Å². The van der Waals surface area contributed by atoms with Crippen molar-refractivity contribution in [1.82, 2.24) is 0 Å². The fraction of sp³-hybridized carbons (Fsp3) is 0.875. The first-order valence-corrected chi connectivity index (χ1v) is 4.11. The highest BCUT2D eigenvalue weighted by Crippen LogP contribution is 2.39. The zero-order valence-corrected chi connectivity index (χ0v) is 6.08. The second kappa shape index (κ2) is 2.26. The van der Waals surface area contributed by atoms with Crippen LogP contribution in [0.25, 0.3) is 0 Å². The number of rotatable bonds is 0. The molecule has 0 spiro atoms. The quantitative estimate of drug-likeness (QED) is 0.404. The minimum Gasteiger partial charge on any atom is -0.411 e. The molecule has 0 saturated heterocycles. The lowest BCUT2D eigenvalue weighted by Gasteiger charge is -2.35. The molecule has 56 valence electrons. The van der Waals surface area contributed by atoms with Gasteiger partial charge in [0.2, 0.25) is 0 Å². The zero-order chi connectivity index (χ0) is 6.97. The minimum atomic E-state index is 0.634. The first-order valence-electron chi connectivity index (χ1n) is 4.11. The molecule has 3 aliphatic carbocycles. The largest absolute Gasteiger partial charge is 0.411 e. The maximum Gasteiger partial charge on any atom is 0.0604 e. The van der Waals surface area contributed by atoms with Crippen molar-refractivity contribution < 1.29 is 5.21 Å². The zero-order valence-electron chi connectivity index (χ0n) is 6.08. The SMILES string of the molecule is ON=C1CC2CCC1CC2. The fourth-order valence-corrected chi connectivity index (χ4v) is 2.28. The predicted octanol–water partition coefficient (Wildman–Crippen LogP) is 2.03. The Labute approximate surface area is 60.9 Å². The van der Waals surface area contributed by atoms with Crippen molar-refractivity contribution >= 4 is 5.71 Å². The van der Waals surface area contributed by atoms with Gasteiger partial charge in [-0.3, -0.25) is 0 Å². The van der Waals surface area contributed by atoms with Crippen LogP contribution in [0.4, 0.5) is 0 Å². The van der Waals surface area contributed by atoms with Gasteiger partial charge in [0, 0.05) is 5.92 Å². The summed E-state index contributed by atoms with van der Waals surface area (Å²) in [6.07, 6.45) is 6.34. The van der Waals surface area contributed by atoms with Gasteiger partial charge in [-0.25, -0.2) is 0 Å². The van der Waals surface area contributed by atoms with Crippen molar-refractivity contribution in [2.75, 3.05) is 0 Å². The molecule has 0 aliphatic heterocycles. The van der Waals surface area contributed by atoms with Crippen molar-refractivity contribution in [1.29, 1.82) is 0 Å². The molecule has 2 nitrogen and oxygen atoms in total. The Bertz CT molecular complexity index is 157. The normalized spacial score (nSPS) is 42.6. The van der Waals surface area contributed by atoms with E-state index >= 15 is 0 Å². The van der Waals surface area contributed by atoms with Gasteiger partial charge in [-0.1, -0.05) is 5.16 Å². The van der Waals surface area contributed by atoms with Gasteiger partial charge >= 0.3 is 0 Å². The minimum absolute atomic E-state index is 0.634. The summed E-state index contributed by atoms with van der Waals surface area (Å²) < 4.78 is 0. The Morgan fingerprint density at radius 1 is 1.20 bits per heavy atom. The average molecular weight is 139 g/mol. The second-order valence-corrected chi connectivity index (χ2v) is 3.51. The predicted molar refractivity (Wildman–Crippen MR) is 39.3 cm³/mol. The van der Waals surface area contributed by atoms with Crippen LogP contribution in [0.1, 0.15) is 32.1 Å². The van der Waals surface area contributed by atoms with E-state index in [-0.39, 0.29) is 0 Å². The molecule has 0 atom stereocenters. The van der Waals surface area contributed by atoms with Gasteiger partial charge in [0.25, 0.3) is 0 Å². The van der Waals surface area contributed by atoms with Crippen LogP contribution in [-0.2, 0) is 0 Å². The lowest BCUT2D eigenvalue weighted by atomic mass is 9.70. The van der Waals surface area contributed by atoms with Crippen molar-refractivity contribution in [2.45, 2.75) is 32.1 Å². The standard InChI is InChI=1S/C8H13NO/c10-9-8-5-6-1-3-7(8)4-2-6/h6-7,10H,1-5H2. The summed E-state index contributed by atoms with van der Waals surface area (Å²) in [7, 11) is 0. The second-order valence-electron chi connectivity index (χ2n) is 3.51. The molecule has 2 bridgehead atoms. The third-order valence-electron chi connectivity index (χ3n) is 2.94. The molecule has 0 aromatic carbocycles. The summed E-state index contributed by atoms with van der Waals surface area (Å²) in [6.45, 7) is 0. The van der Waals surface area contributed by atoms with Gasteiger partial charge in [0.05, 0.1) is 5.71 Å².